The summed E-state index contributed by atoms with van der Waals surface area (Å²) in [4.78, 5) is 12.5. The van der Waals surface area contributed by atoms with Crippen LogP contribution in [0.1, 0.15) is 46.8 Å². The number of nitrogens with zero attached hydrogens (tertiary/aromatic N) is 1. The maximum atomic E-state index is 14.1. The fraction of sp³-hybridized carbons (Fsp3) is 0.304. The smallest absolute Gasteiger partial charge is 0.322 e. The Balaban J connectivity index is 0.000000614. The Morgan fingerprint density at radius 3 is 2.45 bits per heavy atom. The number of nitriles is 1. The number of rotatable bonds is 3. The van der Waals surface area contributed by atoms with Gasteiger partial charge in [-0.2, -0.15) is 18.4 Å². The van der Waals surface area contributed by atoms with Gasteiger partial charge in [-0.05, 0) is 74.3 Å². The third kappa shape index (κ3) is 8.22. The zero-order valence-corrected chi connectivity index (χ0v) is 17.2. The quantitative estimate of drug-likeness (QED) is 0.620. The molecule has 1 aliphatic heterocycles. The molecule has 164 valence electrons. The number of amides is 1. The zero-order valence-electron chi connectivity index (χ0n) is 17.2. The minimum Gasteiger partial charge on any atom is -0.322 e. The number of carbonyl (C=O) groups excluding carboxylic acids is 1. The van der Waals surface area contributed by atoms with Gasteiger partial charge in [0.25, 0.3) is 5.91 Å². The zero-order chi connectivity index (χ0) is 23.0. The van der Waals surface area contributed by atoms with Gasteiger partial charge in [0.05, 0.1) is 11.6 Å². The lowest BCUT2D eigenvalue weighted by molar-refractivity contribution is -0.110. The van der Waals surface area contributed by atoms with E-state index in [0.717, 1.165) is 37.1 Å². The fourth-order valence-electron chi connectivity index (χ4n) is 3.02. The molecule has 1 aliphatic rings. The van der Waals surface area contributed by atoms with E-state index in [1.54, 1.807) is 18.2 Å². The van der Waals surface area contributed by atoms with E-state index in [9.17, 15) is 22.4 Å². The Morgan fingerprint density at radius 2 is 1.84 bits per heavy atom. The molecule has 0 bridgehead atoms. The Hall–Kier alpha value is -3.18. The van der Waals surface area contributed by atoms with Gasteiger partial charge in [0, 0.05) is 18.2 Å². The Kier molecular flexibility index (Phi) is 8.34. The van der Waals surface area contributed by atoms with Crippen LogP contribution in [0.25, 0.3) is 6.08 Å². The Bertz CT molecular complexity index is 993. The van der Waals surface area contributed by atoms with Crippen LogP contribution in [0.4, 0.5) is 23.2 Å². The van der Waals surface area contributed by atoms with Crippen molar-refractivity contribution in [3.8, 4) is 6.07 Å². The number of alkyl halides is 3. The Morgan fingerprint density at radius 1 is 1.19 bits per heavy atom. The van der Waals surface area contributed by atoms with Gasteiger partial charge in [0.2, 0.25) is 0 Å². The second-order valence-corrected chi connectivity index (χ2v) is 7.15. The molecule has 2 aromatic rings. The molecule has 31 heavy (non-hydrogen) atoms. The molecule has 1 fully saturated rings. The number of hydrogen-bond donors (Lipinski definition) is 2. The van der Waals surface area contributed by atoms with E-state index >= 15 is 0 Å². The summed E-state index contributed by atoms with van der Waals surface area (Å²) in [6.45, 7) is 3.92. The monoisotopic (exact) mass is 433 g/mol. The highest BCUT2D eigenvalue weighted by molar-refractivity contribution is 6.05. The van der Waals surface area contributed by atoms with E-state index in [-0.39, 0.29) is 12.8 Å². The van der Waals surface area contributed by atoms with Crippen LogP contribution < -0.4 is 10.6 Å². The predicted octanol–water partition coefficient (Wildman–Crippen LogP) is 5.59. The van der Waals surface area contributed by atoms with Crippen LogP contribution in [-0.4, -0.2) is 25.2 Å². The maximum Gasteiger partial charge on any atom is 0.386 e. The van der Waals surface area contributed by atoms with Crippen molar-refractivity contribution in [2.45, 2.75) is 32.9 Å². The number of benzene rings is 2. The van der Waals surface area contributed by atoms with Crippen LogP contribution >= 0.6 is 0 Å². The first-order chi connectivity index (χ1) is 14.6. The molecule has 0 unspecified atom stereocenters. The summed E-state index contributed by atoms with van der Waals surface area (Å²) >= 11 is 0. The average molecular weight is 433 g/mol. The SMILES string of the molecule is CC(F)(F)F.Cc1c(C=C2CCNCC2)cc(F)cc1NC(=O)c1cccc(C#N)c1. The van der Waals surface area contributed by atoms with Crippen LogP contribution in [0.3, 0.4) is 0 Å². The molecule has 2 N–H and O–H groups in total. The first kappa shape index (κ1) is 24.1. The second-order valence-electron chi connectivity index (χ2n) is 7.15. The van der Waals surface area contributed by atoms with Gasteiger partial charge in [-0.25, -0.2) is 4.39 Å². The second kappa shape index (κ2) is 10.7. The van der Waals surface area contributed by atoms with E-state index in [1.807, 2.05) is 19.1 Å². The molecule has 1 saturated heterocycles. The van der Waals surface area contributed by atoms with E-state index in [4.69, 9.17) is 5.26 Å². The standard InChI is InChI=1S/C21H20FN3O.C2H3F3/c1-14-18(9-15-5-7-24-8-6-15)11-19(22)12-20(14)25-21(26)17-4-2-3-16(10-17)13-23;1-2(3,4)5/h2-4,9-12,24H,5-8H2,1H3,(H,25,26);1H3. The van der Waals surface area contributed by atoms with Gasteiger partial charge in [0.15, 0.2) is 0 Å². The number of carbonyl (C=O) groups is 1. The summed E-state index contributed by atoms with van der Waals surface area (Å²) in [6.07, 6.45) is -0.0948. The summed E-state index contributed by atoms with van der Waals surface area (Å²) in [6, 6.07) is 11.3. The van der Waals surface area contributed by atoms with Gasteiger partial charge in [-0.15, -0.1) is 0 Å². The van der Waals surface area contributed by atoms with Crippen molar-refractivity contribution in [2.24, 2.45) is 0 Å². The van der Waals surface area contributed by atoms with Crippen LogP contribution in [0, 0.1) is 24.1 Å². The molecule has 0 saturated carbocycles. The first-order valence-electron chi connectivity index (χ1n) is 9.65. The van der Waals surface area contributed by atoms with Crippen molar-refractivity contribution in [2.75, 3.05) is 18.4 Å². The minimum atomic E-state index is -4.00. The van der Waals surface area contributed by atoms with Crippen molar-refractivity contribution >= 4 is 17.7 Å². The summed E-state index contributed by atoms with van der Waals surface area (Å²) in [5.74, 6) is -0.756. The molecule has 8 heteroatoms. The molecule has 1 heterocycles. The lowest BCUT2D eigenvalue weighted by atomic mass is 9.98. The molecule has 1 amide bonds. The highest BCUT2D eigenvalue weighted by Gasteiger charge is 2.15. The summed E-state index contributed by atoms with van der Waals surface area (Å²) in [5.41, 5.74) is 4.09. The van der Waals surface area contributed by atoms with Crippen molar-refractivity contribution in [1.29, 1.82) is 5.26 Å². The van der Waals surface area contributed by atoms with Crippen molar-refractivity contribution < 1.29 is 22.4 Å². The van der Waals surface area contributed by atoms with Crippen LogP contribution in [0.2, 0.25) is 0 Å². The highest BCUT2D eigenvalue weighted by Crippen LogP contribution is 2.26. The molecule has 4 nitrogen and oxygen atoms in total. The molecule has 0 aliphatic carbocycles. The van der Waals surface area contributed by atoms with E-state index in [1.165, 1.54) is 23.8 Å². The van der Waals surface area contributed by atoms with Gasteiger partial charge < -0.3 is 10.6 Å². The van der Waals surface area contributed by atoms with Crippen LogP contribution in [0.5, 0.6) is 0 Å². The molecule has 0 aromatic heterocycles. The summed E-state index contributed by atoms with van der Waals surface area (Å²) < 4.78 is 45.2. The lowest BCUT2D eigenvalue weighted by Crippen LogP contribution is -2.23. The van der Waals surface area contributed by atoms with Crippen LogP contribution in [0.15, 0.2) is 42.0 Å². The topological polar surface area (TPSA) is 64.9 Å². The predicted molar refractivity (Wildman–Crippen MR) is 112 cm³/mol. The van der Waals surface area contributed by atoms with Crippen molar-refractivity contribution in [3.63, 3.8) is 0 Å². The normalized spacial score (nSPS) is 13.5. The summed E-state index contributed by atoms with van der Waals surface area (Å²) in [7, 11) is 0. The molecule has 0 radical (unpaired) electrons. The third-order valence-electron chi connectivity index (χ3n) is 4.52. The van der Waals surface area contributed by atoms with E-state index in [2.05, 4.69) is 10.6 Å². The fourth-order valence-corrected chi connectivity index (χ4v) is 3.02. The van der Waals surface area contributed by atoms with E-state index in [0.29, 0.717) is 16.8 Å². The van der Waals surface area contributed by atoms with Gasteiger partial charge in [-0.1, -0.05) is 17.7 Å². The first-order valence-corrected chi connectivity index (χ1v) is 9.65. The number of piperidine rings is 1. The lowest BCUT2D eigenvalue weighted by Gasteiger charge is -2.17. The highest BCUT2D eigenvalue weighted by atomic mass is 19.4. The average Bonchev–Trinajstić information content (AvgIpc) is 2.71. The van der Waals surface area contributed by atoms with Gasteiger partial charge >= 0.3 is 6.18 Å². The molecule has 3 rings (SSSR count). The summed E-state index contributed by atoms with van der Waals surface area (Å²) in [5, 5.41) is 15.0. The minimum absolute atomic E-state index is 0.188. The number of hydrogen-bond acceptors (Lipinski definition) is 3. The maximum absolute atomic E-state index is 14.1. The largest absolute Gasteiger partial charge is 0.386 e. The number of halogens is 4. The van der Waals surface area contributed by atoms with E-state index < -0.39 is 12.0 Å². The molecule has 2 aromatic carbocycles. The molecular weight excluding hydrogens is 410 g/mol. The van der Waals surface area contributed by atoms with Crippen molar-refractivity contribution in [3.05, 3.63) is 70.0 Å². The number of anilines is 1. The number of nitrogens with one attached hydrogen (secondary N) is 2. The molecule has 0 atom stereocenters. The van der Waals surface area contributed by atoms with Crippen molar-refractivity contribution in [1.82, 2.24) is 5.32 Å². The molecule has 0 spiro atoms. The van der Waals surface area contributed by atoms with Gasteiger partial charge in [0.1, 0.15) is 5.82 Å². The van der Waals surface area contributed by atoms with Gasteiger partial charge in [-0.3, -0.25) is 4.79 Å². The Labute approximate surface area is 178 Å². The molecular formula is C23H23F4N3O. The van der Waals surface area contributed by atoms with Crippen LogP contribution in [-0.2, 0) is 0 Å². The third-order valence-corrected chi connectivity index (χ3v) is 4.52.